The van der Waals surface area contributed by atoms with Gasteiger partial charge in [0, 0.05) is 32.6 Å². The Labute approximate surface area is 107 Å². The number of anilines is 2. The molecule has 1 atom stereocenters. The first kappa shape index (κ1) is 12.8. The number of piperidine rings is 1. The average molecular weight is 249 g/mol. The lowest BCUT2D eigenvalue weighted by Crippen LogP contribution is -2.44. The van der Waals surface area contributed by atoms with E-state index in [1.54, 1.807) is 6.07 Å². The summed E-state index contributed by atoms with van der Waals surface area (Å²) >= 11 is 0. The summed E-state index contributed by atoms with van der Waals surface area (Å²) in [5, 5.41) is 6.05. The van der Waals surface area contributed by atoms with Gasteiger partial charge >= 0.3 is 0 Å². The van der Waals surface area contributed by atoms with E-state index in [4.69, 9.17) is 0 Å². The van der Waals surface area contributed by atoms with E-state index in [9.17, 15) is 4.79 Å². The van der Waals surface area contributed by atoms with Crippen LogP contribution in [0.1, 0.15) is 19.8 Å². The molecule has 6 nitrogen and oxygen atoms in total. The minimum Gasteiger partial charge on any atom is -0.355 e. The van der Waals surface area contributed by atoms with E-state index in [1.807, 2.05) is 7.05 Å². The van der Waals surface area contributed by atoms with Crippen LogP contribution in [-0.4, -0.2) is 42.1 Å². The highest BCUT2D eigenvalue weighted by Gasteiger charge is 2.19. The summed E-state index contributed by atoms with van der Waals surface area (Å²) in [7, 11) is 2.03. The summed E-state index contributed by atoms with van der Waals surface area (Å²) < 4.78 is 0. The van der Waals surface area contributed by atoms with Crippen LogP contribution >= 0.6 is 0 Å². The van der Waals surface area contributed by atoms with Crippen molar-refractivity contribution in [1.29, 1.82) is 0 Å². The van der Waals surface area contributed by atoms with Crippen molar-refractivity contribution in [1.82, 2.24) is 15.3 Å². The van der Waals surface area contributed by atoms with Crippen molar-refractivity contribution in [2.75, 3.05) is 30.4 Å². The summed E-state index contributed by atoms with van der Waals surface area (Å²) in [6.45, 7) is 3.53. The second kappa shape index (κ2) is 5.77. The van der Waals surface area contributed by atoms with E-state index >= 15 is 0 Å². The smallest absolute Gasteiger partial charge is 0.222 e. The van der Waals surface area contributed by atoms with Gasteiger partial charge in [-0.15, -0.1) is 0 Å². The molecule has 1 saturated heterocycles. The number of amides is 1. The fourth-order valence-corrected chi connectivity index (χ4v) is 2.14. The van der Waals surface area contributed by atoms with Crippen LogP contribution in [-0.2, 0) is 4.79 Å². The molecule has 0 aliphatic carbocycles. The molecule has 0 bridgehead atoms. The number of rotatable bonds is 3. The molecule has 1 unspecified atom stereocenters. The van der Waals surface area contributed by atoms with Gasteiger partial charge in [0.2, 0.25) is 5.91 Å². The Kier molecular flexibility index (Phi) is 4.09. The molecule has 0 aromatic carbocycles. The van der Waals surface area contributed by atoms with Crippen molar-refractivity contribution in [2.45, 2.75) is 25.8 Å². The number of aromatic nitrogens is 2. The van der Waals surface area contributed by atoms with Gasteiger partial charge in [-0.05, 0) is 19.4 Å². The maximum Gasteiger partial charge on any atom is 0.222 e. The van der Waals surface area contributed by atoms with Crippen molar-refractivity contribution >= 4 is 17.5 Å². The van der Waals surface area contributed by atoms with Gasteiger partial charge < -0.3 is 15.5 Å². The van der Waals surface area contributed by atoms with E-state index in [-0.39, 0.29) is 5.91 Å². The molecule has 0 spiro atoms. The van der Waals surface area contributed by atoms with Crippen LogP contribution in [0.25, 0.3) is 0 Å². The average Bonchev–Trinajstić information content (AvgIpc) is 2.38. The van der Waals surface area contributed by atoms with E-state index in [0.717, 1.165) is 25.3 Å². The van der Waals surface area contributed by atoms with E-state index < -0.39 is 0 Å². The third-order valence-corrected chi connectivity index (χ3v) is 3.14. The van der Waals surface area contributed by atoms with Crippen LogP contribution in [0.5, 0.6) is 0 Å². The number of nitrogens with zero attached hydrogens (tertiary/aromatic N) is 3. The SMILES string of the molecule is CC(=O)Nc1cc(N(C)C2CCCNC2)ncn1. The van der Waals surface area contributed by atoms with Gasteiger partial charge in [-0.3, -0.25) is 4.79 Å². The van der Waals surface area contributed by atoms with Crippen LogP contribution in [0.2, 0.25) is 0 Å². The minimum atomic E-state index is -0.123. The van der Waals surface area contributed by atoms with E-state index in [1.165, 1.54) is 19.7 Å². The first-order valence-electron chi connectivity index (χ1n) is 6.20. The standard InChI is InChI=1S/C12H19N5O/c1-9(18)16-11-6-12(15-8-14-11)17(2)10-4-3-5-13-7-10/h6,8,10,13H,3-5,7H2,1-2H3,(H,14,15,16,18). The number of nitrogens with one attached hydrogen (secondary N) is 2. The molecule has 2 heterocycles. The van der Waals surface area contributed by atoms with Gasteiger partial charge in [-0.2, -0.15) is 0 Å². The minimum absolute atomic E-state index is 0.123. The van der Waals surface area contributed by atoms with Crippen molar-refractivity contribution in [3.05, 3.63) is 12.4 Å². The van der Waals surface area contributed by atoms with Gasteiger partial charge in [-0.1, -0.05) is 0 Å². The monoisotopic (exact) mass is 249 g/mol. The fraction of sp³-hybridized carbons (Fsp3) is 0.583. The first-order valence-corrected chi connectivity index (χ1v) is 6.20. The second-order valence-electron chi connectivity index (χ2n) is 4.55. The largest absolute Gasteiger partial charge is 0.355 e. The molecule has 1 amide bonds. The Morgan fingerprint density at radius 2 is 2.39 bits per heavy atom. The molecule has 1 fully saturated rings. The van der Waals surface area contributed by atoms with Gasteiger partial charge in [0.1, 0.15) is 18.0 Å². The Hall–Kier alpha value is -1.69. The number of carbonyl (C=O) groups is 1. The first-order chi connectivity index (χ1) is 8.66. The molecule has 6 heteroatoms. The summed E-state index contributed by atoms with van der Waals surface area (Å²) in [6, 6.07) is 2.24. The van der Waals surface area contributed by atoms with Crippen molar-refractivity contribution in [3.8, 4) is 0 Å². The molecule has 2 N–H and O–H groups in total. The normalized spacial score (nSPS) is 19.3. The zero-order chi connectivity index (χ0) is 13.0. The molecule has 98 valence electrons. The van der Waals surface area contributed by atoms with Crippen LogP contribution in [0.3, 0.4) is 0 Å². The molecule has 1 aromatic rings. The molecule has 0 radical (unpaired) electrons. The highest BCUT2D eigenvalue weighted by molar-refractivity contribution is 5.87. The van der Waals surface area contributed by atoms with E-state index in [2.05, 4.69) is 25.5 Å². The lowest BCUT2D eigenvalue weighted by molar-refractivity contribution is -0.114. The van der Waals surface area contributed by atoms with Gasteiger partial charge in [0.05, 0.1) is 0 Å². The lowest BCUT2D eigenvalue weighted by atomic mass is 10.1. The number of likely N-dealkylation sites (N-methyl/N-ethyl adjacent to an activating group) is 1. The summed E-state index contributed by atoms with van der Waals surface area (Å²) in [6.07, 6.45) is 3.81. The molecule has 1 aliphatic rings. The summed E-state index contributed by atoms with van der Waals surface area (Å²) in [5.41, 5.74) is 0. The van der Waals surface area contributed by atoms with Crippen LogP contribution in [0.4, 0.5) is 11.6 Å². The molecule has 1 aromatic heterocycles. The van der Waals surface area contributed by atoms with Crippen molar-refractivity contribution in [2.24, 2.45) is 0 Å². The van der Waals surface area contributed by atoms with Gasteiger partial charge in [-0.25, -0.2) is 9.97 Å². The maximum absolute atomic E-state index is 11.0. The fourth-order valence-electron chi connectivity index (χ4n) is 2.14. The maximum atomic E-state index is 11.0. The highest BCUT2D eigenvalue weighted by Crippen LogP contribution is 2.18. The zero-order valence-corrected chi connectivity index (χ0v) is 10.8. The molecule has 0 saturated carbocycles. The Morgan fingerprint density at radius 1 is 1.56 bits per heavy atom. The summed E-state index contributed by atoms with van der Waals surface area (Å²) in [4.78, 5) is 21.4. The predicted octanol–water partition coefficient (Wildman–Crippen LogP) is 0.623. The third kappa shape index (κ3) is 3.16. The molecular formula is C12H19N5O. The highest BCUT2D eigenvalue weighted by atomic mass is 16.1. The molecule has 18 heavy (non-hydrogen) atoms. The van der Waals surface area contributed by atoms with Crippen LogP contribution in [0.15, 0.2) is 12.4 Å². The topological polar surface area (TPSA) is 70.2 Å². The number of carbonyl (C=O) groups excluding carboxylic acids is 1. The third-order valence-electron chi connectivity index (χ3n) is 3.14. The Morgan fingerprint density at radius 3 is 3.06 bits per heavy atom. The zero-order valence-electron chi connectivity index (χ0n) is 10.8. The second-order valence-corrected chi connectivity index (χ2v) is 4.55. The van der Waals surface area contributed by atoms with E-state index in [0.29, 0.717) is 11.9 Å². The predicted molar refractivity (Wildman–Crippen MR) is 70.6 cm³/mol. The summed E-state index contributed by atoms with van der Waals surface area (Å²) in [5.74, 6) is 1.26. The van der Waals surface area contributed by atoms with Crippen molar-refractivity contribution in [3.63, 3.8) is 0 Å². The van der Waals surface area contributed by atoms with Gasteiger partial charge in [0.25, 0.3) is 0 Å². The van der Waals surface area contributed by atoms with Crippen LogP contribution in [0, 0.1) is 0 Å². The molecule has 2 rings (SSSR count). The quantitative estimate of drug-likeness (QED) is 0.822. The Bertz CT molecular complexity index is 417. The van der Waals surface area contributed by atoms with Crippen molar-refractivity contribution < 1.29 is 4.79 Å². The number of hydrogen-bond donors (Lipinski definition) is 2. The number of hydrogen-bond acceptors (Lipinski definition) is 5. The molecular weight excluding hydrogens is 230 g/mol. The van der Waals surface area contributed by atoms with Gasteiger partial charge in [0.15, 0.2) is 0 Å². The Balaban J connectivity index is 2.09. The van der Waals surface area contributed by atoms with Crippen LogP contribution < -0.4 is 15.5 Å². The lowest BCUT2D eigenvalue weighted by Gasteiger charge is -2.32. The molecule has 1 aliphatic heterocycles.